The Hall–Kier alpha value is -0.570. The number of esters is 1. The summed E-state index contributed by atoms with van der Waals surface area (Å²) >= 11 is 0. The SMILES string of the molecule is CCCC(C)CC(C)OC(=O)C(C)O. The van der Waals surface area contributed by atoms with E-state index in [1.807, 2.05) is 6.92 Å². The first-order valence-corrected chi connectivity index (χ1v) is 5.35. The van der Waals surface area contributed by atoms with Crippen LogP contribution in [0, 0.1) is 5.92 Å². The van der Waals surface area contributed by atoms with Crippen LogP contribution in [0.15, 0.2) is 0 Å². The van der Waals surface area contributed by atoms with Gasteiger partial charge in [-0.05, 0) is 26.2 Å². The van der Waals surface area contributed by atoms with E-state index in [1.54, 1.807) is 0 Å². The Balaban J connectivity index is 3.74. The minimum atomic E-state index is -1.01. The molecule has 0 bridgehead atoms. The Kier molecular flexibility index (Phi) is 6.54. The second-order valence-electron chi connectivity index (χ2n) is 4.05. The molecule has 1 N–H and O–H groups in total. The molecule has 0 radical (unpaired) electrons. The number of hydrogen-bond acceptors (Lipinski definition) is 3. The molecule has 0 aromatic heterocycles. The molecule has 0 aromatic carbocycles. The van der Waals surface area contributed by atoms with Gasteiger partial charge in [0, 0.05) is 0 Å². The molecule has 0 aliphatic rings. The van der Waals surface area contributed by atoms with Crippen LogP contribution in [0.5, 0.6) is 0 Å². The van der Waals surface area contributed by atoms with Crippen molar-refractivity contribution in [3.8, 4) is 0 Å². The fraction of sp³-hybridized carbons (Fsp3) is 0.909. The van der Waals surface area contributed by atoms with E-state index in [4.69, 9.17) is 9.84 Å². The molecule has 0 saturated carbocycles. The van der Waals surface area contributed by atoms with E-state index in [0.29, 0.717) is 5.92 Å². The van der Waals surface area contributed by atoms with Crippen LogP contribution >= 0.6 is 0 Å². The minimum Gasteiger partial charge on any atom is -0.461 e. The summed E-state index contributed by atoms with van der Waals surface area (Å²) in [6.45, 7) is 7.58. The highest BCUT2D eigenvalue weighted by Gasteiger charge is 2.16. The predicted octanol–water partition coefficient (Wildman–Crippen LogP) is 2.13. The zero-order valence-electron chi connectivity index (χ0n) is 9.62. The van der Waals surface area contributed by atoms with Gasteiger partial charge in [0.25, 0.3) is 0 Å². The minimum absolute atomic E-state index is 0.0985. The molecule has 0 aliphatic carbocycles. The molecule has 0 amide bonds. The summed E-state index contributed by atoms with van der Waals surface area (Å²) in [6, 6.07) is 0. The number of rotatable bonds is 6. The first kappa shape index (κ1) is 13.4. The van der Waals surface area contributed by atoms with Crippen molar-refractivity contribution >= 4 is 5.97 Å². The van der Waals surface area contributed by atoms with E-state index < -0.39 is 12.1 Å². The van der Waals surface area contributed by atoms with Crippen molar-refractivity contribution in [2.24, 2.45) is 5.92 Å². The van der Waals surface area contributed by atoms with Crippen molar-refractivity contribution in [3.05, 3.63) is 0 Å². The maximum atomic E-state index is 11.0. The molecule has 14 heavy (non-hydrogen) atoms. The Morgan fingerprint density at radius 2 is 1.93 bits per heavy atom. The van der Waals surface area contributed by atoms with Crippen LogP contribution in [-0.2, 0) is 9.53 Å². The van der Waals surface area contributed by atoms with Crippen molar-refractivity contribution < 1.29 is 14.6 Å². The van der Waals surface area contributed by atoms with Gasteiger partial charge in [0.2, 0.25) is 0 Å². The molecule has 0 heterocycles. The number of aliphatic hydroxyl groups is 1. The third kappa shape index (κ3) is 5.97. The second kappa shape index (κ2) is 6.82. The topological polar surface area (TPSA) is 46.5 Å². The molecule has 0 rings (SSSR count). The van der Waals surface area contributed by atoms with Crippen LogP contribution in [0.4, 0.5) is 0 Å². The van der Waals surface area contributed by atoms with E-state index >= 15 is 0 Å². The Morgan fingerprint density at radius 1 is 1.36 bits per heavy atom. The molecule has 3 heteroatoms. The molecular weight excluding hydrogens is 180 g/mol. The van der Waals surface area contributed by atoms with Crippen LogP contribution in [-0.4, -0.2) is 23.3 Å². The van der Waals surface area contributed by atoms with Gasteiger partial charge in [-0.15, -0.1) is 0 Å². The van der Waals surface area contributed by atoms with Crippen molar-refractivity contribution in [2.45, 2.75) is 59.2 Å². The van der Waals surface area contributed by atoms with Gasteiger partial charge >= 0.3 is 5.97 Å². The average molecular weight is 202 g/mol. The van der Waals surface area contributed by atoms with Crippen molar-refractivity contribution in [2.75, 3.05) is 0 Å². The summed E-state index contributed by atoms with van der Waals surface area (Å²) in [5.74, 6) is 0.0398. The maximum Gasteiger partial charge on any atom is 0.334 e. The molecule has 0 spiro atoms. The van der Waals surface area contributed by atoms with Gasteiger partial charge in [-0.25, -0.2) is 4.79 Å². The smallest absolute Gasteiger partial charge is 0.334 e. The number of carbonyl (C=O) groups is 1. The monoisotopic (exact) mass is 202 g/mol. The van der Waals surface area contributed by atoms with E-state index in [2.05, 4.69) is 13.8 Å². The zero-order valence-corrected chi connectivity index (χ0v) is 9.62. The fourth-order valence-corrected chi connectivity index (χ4v) is 1.52. The molecule has 3 atom stereocenters. The second-order valence-corrected chi connectivity index (χ2v) is 4.05. The predicted molar refractivity (Wildman–Crippen MR) is 55.9 cm³/mol. The normalized spacial score (nSPS) is 17.2. The maximum absolute atomic E-state index is 11.0. The highest BCUT2D eigenvalue weighted by molar-refractivity contribution is 5.73. The van der Waals surface area contributed by atoms with Gasteiger partial charge in [0.1, 0.15) is 6.10 Å². The molecule has 0 saturated heterocycles. The summed E-state index contributed by atoms with van der Waals surface area (Å²) in [6.07, 6.45) is 2.05. The fourth-order valence-electron chi connectivity index (χ4n) is 1.52. The highest BCUT2D eigenvalue weighted by Crippen LogP contribution is 2.14. The van der Waals surface area contributed by atoms with Gasteiger partial charge in [-0.3, -0.25) is 0 Å². The third-order valence-corrected chi connectivity index (χ3v) is 2.17. The van der Waals surface area contributed by atoms with Gasteiger partial charge in [0.05, 0.1) is 6.10 Å². The van der Waals surface area contributed by atoms with Crippen LogP contribution in [0.2, 0.25) is 0 Å². The van der Waals surface area contributed by atoms with Gasteiger partial charge in [-0.1, -0.05) is 26.7 Å². The molecular formula is C11H22O3. The van der Waals surface area contributed by atoms with Crippen LogP contribution in [0.3, 0.4) is 0 Å². The first-order chi connectivity index (χ1) is 6.47. The lowest BCUT2D eigenvalue weighted by atomic mass is 9.99. The molecule has 3 nitrogen and oxygen atoms in total. The molecule has 84 valence electrons. The standard InChI is InChI=1S/C11H22O3/c1-5-6-8(2)7-9(3)14-11(13)10(4)12/h8-10,12H,5-7H2,1-4H3. The quantitative estimate of drug-likeness (QED) is 0.671. The Labute approximate surface area is 86.5 Å². The summed E-state index contributed by atoms with van der Waals surface area (Å²) < 4.78 is 5.04. The molecule has 0 aliphatic heterocycles. The summed E-state index contributed by atoms with van der Waals surface area (Å²) in [5, 5.41) is 8.93. The number of ether oxygens (including phenoxy) is 1. The Bertz CT molecular complexity index is 166. The third-order valence-electron chi connectivity index (χ3n) is 2.17. The van der Waals surface area contributed by atoms with Gasteiger partial charge in [0.15, 0.2) is 0 Å². The van der Waals surface area contributed by atoms with Crippen molar-refractivity contribution in [1.82, 2.24) is 0 Å². The Morgan fingerprint density at radius 3 is 2.36 bits per heavy atom. The number of aliphatic hydroxyl groups excluding tert-OH is 1. The number of carbonyl (C=O) groups excluding carboxylic acids is 1. The summed E-state index contributed by atoms with van der Waals surface area (Å²) in [5.41, 5.74) is 0. The lowest BCUT2D eigenvalue weighted by molar-refractivity contribution is -0.157. The average Bonchev–Trinajstić information content (AvgIpc) is 2.03. The largest absolute Gasteiger partial charge is 0.461 e. The lowest BCUT2D eigenvalue weighted by Gasteiger charge is -2.18. The van der Waals surface area contributed by atoms with Crippen molar-refractivity contribution in [1.29, 1.82) is 0 Å². The van der Waals surface area contributed by atoms with E-state index in [9.17, 15) is 4.79 Å². The van der Waals surface area contributed by atoms with Crippen LogP contribution in [0.25, 0.3) is 0 Å². The highest BCUT2D eigenvalue weighted by atomic mass is 16.6. The lowest BCUT2D eigenvalue weighted by Crippen LogP contribution is -2.25. The number of hydrogen-bond donors (Lipinski definition) is 1. The molecule has 0 aromatic rings. The summed E-state index contributed by atoms with van der Waals surface area (Å²) in [4.78, 5) is 11.0. The molecule has 3 unspecified atom stereocenters. The molecule has 0 fully saturated rings. The van der Waals surface area contributed by atoms with Crippen molar-refractivity contribution in [3.63, 3.8) is 0 Å². The van der Waals surface area contributed by atoms with Gasteiger partial charge in [-0.2, -0.15) is 0 Å². The van der Waals surface area contributed by atoms with E-state index in [1.165, 1.54) is 6.92 Å². The zero-order chi connectivity index (χ0) is 11.1. The van der Waals surface area contributed by atoms with E-state index in [0.717, 1.165) is 19.3 Å². The van der Waals surface area contributed by atoms with E-state index in [-0.39, 0.29) is 6.10 Å². The van der Waals surface area contributed by atoms with Gasteiger partial charge < -0.3 is 9.84 Å². The first-order valence-electron chi connectivity index (χ1n) is 5.35. The summed E-state index contributed by atoms with van der Waals surface area (Å²) in [7, 11) is 0. The van der Waals surface area contributed by atoms with Crippen LogP contribution < -0.4 is 0 Å². The van der Waals surface area contributed by atoms with Crippen LogP contribution in [0.1, 0.15) is 47.0 Å².